The topological polar surface area (TPSA) is 37.1 Å². The molecule has 1 aliphatic carbocycles. The first-order valence-corrected chi connectivity index (χ1v) is 5.16. The molecular weight excluding hydrogens is 174 g/mol. The molecule has 0 amide bonds. The molecule has 3 heteroatoms. The van der Waals surface area contributed by atoms with Gasteiger partial charge in [-0.3, -0.25) is 9.98 Å². The van der Waals surface area contributed by atoms with Crippen molar-refractivity contribution in [2.75, 3.05) is 19.6 Å². The van der Waals surface area contributed by atoms with Crippen molar-refractivity contribution in [3.8, 4) is 0 Å². The Labute approximate surface area is 86.1 Å². The molecule has 1 rings (SSSR count). The normalized spacial score (nSPS) is 31.4. The van der Waals surface area contributed by atoms with Crippen LogP contribution in [0.1, 0.15) is 13.8 Å². The minimum absolute atomic E-state index is 0.667. The molecule has 1 fully saturated rings. The van der Waals surface area contributed by atoms with Crippen LogP contribution in [0.4, 0.5) is 0 Å². The van der Waals surface area contributed by atoms with Gasteiger partial charge in [-0.2, -0.15) is 0 Å². The monoisotopic (exact) mass is 193 g/mol. The summed E-state index contributed by atoms with van der Waals surface area (Å²) in [6, 6.07) is 0. The van der Waals surface area contributed by atoms with Gasteiger partial charge >= 0.3 is 0 Å². The number of rotatable bonds is 6. The highest BCUT2D eigenvalue weighted by atomic mass is 14.8. The van der Waals surface area contributed by atoms with E-state index in [4.69, 9.17) is 0 Å². The minimum Gasteiger partial charge on any atom is -0.301 e. The maximum atomic E-state index is 4.29. The standard InChI is InChI=1S/C11H19N3/c1-4-13-7-10-9(6-12-3)11(10)8-14-5-2/h4-5,9-11H,3,6-8H2,1-2H3/b13-4-,14-5-. The summed E-state index contributed by atoms with van der Waals surface area (Å²) in [6.07, 6.45) is 3.74. The highest BCUT2D eigenvalue weighted by Crippen LogP contribution is 2.46. The van der Waals surface area contributed by atoms with E-state index < -0.39 is 0 Å². The first-order valence-electron chi connectivity index (χ1n) is 5.16. The maximum absolute atomic E-state index is 4.29. The smallest absolute Gasteiger partial charge is 0.0420 e. The molecule has 0 bridgehead atoms. The highest BCUT2D eigenvalue weighted by molar-refractivity contribution is 5.53. The first-order chi connectivity index (χ1) is 6.85. The second kappa shape index (κ2) is 5.68. The average molecular weight is 193 g/mol. The van der Waals surface area contributed by atoms with Crippen LogP contribution >= 0.6 is 0 Å². The average Bonchev–Trinajstić information content (AvgIpc) is 2.85. The molecule has 1 aliphatic rings. The van der Waals surface area contributed by atoms with E-state index in [-0.39, 0.29) is 0 Å². The van der Waals surface area contributed by atoms with Crippen LogP contribution in [0.3, 0.4) is 0 Å². The highest BCUT2D eigenvalue weighted by Gasteiger charge is 2.48. The summed E-state index contributed by atoms with van der Waals surface area (Å²) < 4.78 is 0. The Morgan fingerprint density at radius 3 is 1.71 bits per heavy atom. The lowest BCUT2D eigenvalue weighted by Gasteiger charge is -1.90. The minimum atomic E-state index is 0.667. The van der Waals surface area contributed by atoms with Crippen molar-refractivity contribution in [3.05, 3.63) is 0 Å². The molecule has 2 atom stereocenters. The van der Waals surface area contributed by atoms with Gasteiger partial charge in [-0.15, -0.1) is 0 Å². The van der Waals surface area contributed by atoms with Gasteiger partial charge < -0.3 is 4.99 Å². The Morgan fingerprint density at radius 1 is 0.929 bits per heavy atom. The molecule has 1 saturated carbocycles. The van der Waals surface area contributed by atoms with Crippen LogP contribution in [0.5, 0.6) is 0 Å². The van der Waals surface area contributed by atoms with Crippen LogP contribution in [0, 0.1) is 17.8 Å². The van der Waals surface area contributed by atoms with E-state index in [0.29, 0.717) is 17.8 Å². The summed E-state index contributed by atoms with van der Waals surface area (Å²) in [5.41, 5.74) is 0. The molecule has 0 heterocycles. The van der Waals surface area contributed by atoms with Crippen molar-refractivity contribution in [3.63, 3.8) is 0 Å². The van der Waals surface area contributed by atoms with Gasteiger partial charge in [0, 0.05) is 19.6 Å². The Morgan fingerprint density at radius 2 is 1.36 bits per heavy atom. The fourth-order valence-corrected chi connectivity index (χ4v) is 1.94. The lowest BCUT2D eigenvalue weighted by atomic mass is 10.3. The van der Waals surface area contributed by atoms with Crippen LogP contribution in [-0.4, -0.2) is 38.8 Å². The molecular formula is C11H19N3. The number of hydrogen-bond acceptors (Lipinski definition) is 3. The summed E-state index contributed by atoms with van der Waals surface area (Å²) in [5.74, 6) is 2.03. The van der Waals surface area contributed by atoms with Crippen molar-refractivity contribution < 1.29 is 0 Å². The van der Waals surface area contributed by atoms with Crippen molar-refractivity contribution in [1.82, 2.24) is 0 Å². The van der Waals surface area contributed by atoms with Gasteiger partial charge in [0.25, 0.3) is 0 Å². The van der Waals surface area contributed by atoms with E-state index in [1.54, 1.807) is 0 Å². The molecule has 0 saturated heterocycles. The van der Waals surface area contributed by atoms with Crippen LogP contribution < -0.4 is 0 Å². The van der Waals surface area contributed by atoms with E-state index in [0.717, 1.165) is 19.6 Å². The summed E-state index contributed by atoms with van der Waals surface area (Å²) in [6.45, 7) is 10.2. The van der Waals surface area contributed by atoms with Gasteiger partial charge in [-0.1, -0.05) is 0 Å². The van der Waals surface area contributed by atoms with Gasteiger partial charge in [0.05, 0.1) is 0 Å². The van der Waals surface area contributed by atoms with E-state index >= 15 is 0 Å². The summed E-state index contributed by atoms with van der Waals surface area (Å²) in [5, 5.41) is 0. The number of aliphatic imine (C=N–C) groups is 3. The third-order valence-electron chi connectivity index (χ3n) is 2.85. The zero-order valence-corrected chi connectivity index (χ0v) is 9.06. The molecule has 2 unspecified atom stereocenters. The predicted octanol–water partition coefficient (Wildman–Crippen LogP) is 1.73. The first kappa shape index (κ1) is 11.1. The molecule has 0 aromatic rings. The SMILES string of the molecule is C=NCC1C(C/N=C\C)C1C/N=C\C. The largest absolute Gasteiger partial charge is 0.301 e. The Balaban J connectivity index is 2.37. The van der Waals surface area contributed by atoms with Crippen LogP contribution in [-0.2, 0) is 0 Å². The van der Waals surface area contributed by atoms with Gasteiger partial charge in [-0.05, 0) is 50.7 Å². The van der Waals surface area contributed by atoms with Crippen molar-refractivity contribution in [1.29, 1.82) is 0 Å². The zero-order chi connectivity index (χ0) is 10.4. The number of hydrogen-bond donors (Lipinski definition) is 0. The molecule has 14 heavy (non-hydrogen) atoms. The molecule has 0 aliphatic heterocycles. The molecule has 3 nitrogen and oxygen atoms in total. The third-order valence-corrected chi connectivity index (χ3v) is 2.85. The molecule has 0 N–H and O–H groups in total. The summed E-state index contributed by atoms with van der Waals surface area (Å²) >= 11 is 0. The van der Waals surface area contributed by atoms with Crippen LogP contribution in [0.2, 0.25) is 0 Å². The Hall–Kier alpha value is -0.990. The van der Waals surface area contributed by atoms with Crippen LogP contribution in [0.25, 0.3) is 0 Å². The van der Waals surface area contributed by atoms with Gasteiger partial charge in [0.2, 0.25) is 0 Å². The molecule has 0 aromatic carbocycles. The fraction of sp³-hybridized carbons (Fsp3) is 0.727. The summed E-state index contributed by atoms with van der Waals surface area (Å²) in [4.78, 5) is 12.5. The quantitative estimate of drug-likeness (QED) is 0.576. The maximum Gasteiger partial charge on any atom is 0.0420 e. The fourth-order valence-electron chi connectivity index (χ4n) is 1.94. The van der Waals surface area contributed by atoms with Gasteiger partial charge in [0.1, 0.15) is 0 Å². The van der Waals surface area contributed by atoms with Crippen molar-refractivity contribution >= 4 is 19.1 Å². The van der Waals surface area contributed by atoms with E-state index in [1.165, 1.54) is 0 Å². The lowest BCUT2D eigenvalue weighted by molar-refractivity contribution is 0.719. The van der Waals surface area contributed by atoms with E-state index in [1.807, 2.05) is 26.3 Å². The van der Waals surface area contributed by atoms with E-state index in [9.17, 15) is 0 Å². The van der Waals surface area contributed by atoms with Crippen molar-refractivity contribution in [2.45, 2.75) is 13.8 Å². The van der Waals surface area contributed by atoms with Crippen LogP contribution in [0.15, 0.2) is 15.0 Å². The predicted molar refractivity (Wildman–Crippen MR) is 63.0 cm³/mol. The van der Waals surface area contributed by atoms with Crippen molar-refractivity contribution in [2.24, 2.45) is 32.7 Å². The number of nitrogens with zero attached hydrogens (tertiary/aromatic N) is 3. The Bertz CT molecular complexity index is 213. The third kappa shape index (κ3) is 2.76. The van der Waals surface area contributed by atoms with E-state index in [2.05, 4.69) is 21.7 Å². The van der Waals surface area contributed by atoms with Gasteiger partial charge in [0.15, 0.2) is 0 Å². The lowest BCUT2D eigenvalue weighted by Crippen LogP contribution is -1.91. The molecule has 0 aromatic heterocycles. The van der Waals surface area contributed by atoms with Gasteiger partial charge in [-0.25, -0.2) is 0 Å². The molecule has 78 valence electrons. The Kier molecular flexibility index (Phi) is 4.50. The summed E-state index contributed by atoms with van der Waals surface area (Å²) in [7, 11) is 0. The molecule has 0 spiro atoms. The second-order valence-corrected chi connectivity index (χ2v) is 3.64. The zero-order valence-electron chi connectivity index (χ0n) is 9.06. The second-order valence-electron chi connectivity index (χ2n) is 3.64. The molecule has 0 radical (unpaired) electrons.